The van der Waals surface area contributed by atoms with Gasteiger partial charge in [0, 0.05) is 18.6 Å². The van der Waals surface area contributed by atoms with Crippen molar-refractivity contribution in [1.29, 1.82) is 0 Å². The molecule has 32 heavy (non-hydrogen) atoms. The first-order valence-electron chi connectivity index (χ1n) is 10.5. The second-order valence-electron chi connectivity index (χ2n) is 8.57. The third-order valence-corrected chi connectivity index (χ3v) is 5.81. The summed E-state index contributed by atoms with van der Waals surface area (Å²) in [6.07, 6.45) is 3.59. The largest absolute Gasteiger partial charge is 0.336 e. The zero-order valence-electron chi connectivity index (χ0n) is 18.4. The van der Waals surface area contributed by atoms with Gasteiger partial charge in [0.05, 0.1) is 28.1 Å². The van der Waals surface area contributed by atoms with Crippen molar-refractivity contribution in [3.8, 4) is 16.3 Å². The highest BCUT2D eigenvalue weighted by molar-refractivity contribution is 7.19. The molecule has 2 aromatic heterocycles. The van der Waals surface area contributed by atoms with E-state index in [1.165, 1.54) is 16.9 Å². The number of amides is 4. The van der Waals surface area contributed by atoms with Gasteiger partial charge < -0.3 is 16.0 Å². The van der Waals surface area contributed by atoms with Gasteiger partial charge in [0.15, 0.2) is 5.13 Å². The van der Waals surface area contributed by atoms with Crippen LogP contribution >= 0.6 is 11.3 Å². The summed E-state index contributed by atoms with van der Waals surface area (Å²) in [5, 5.41) is 16.2. The van der Waals surface area contributed by atoms with E-state index in [9.17, 15) is 9.59 Å². The van der Waals surface area contributed by atoms with E-state index >= 15 is 0 Å². The molecule has 3 aromatic rings. The van der Waals surface area contributed by atoms with E-state index in [2.05, 4.69) is 31.3 Å². The fourth-order valence-electron chi connectivity index (χ4n) is 3.46. The van der Waals surface area contributed by atoms with Gasteiger partial charge in [0.1, 0.15) is 0 Å². The van der Waals surface area contributed by atoms with Crippen molar-refractivity contribution < 1.29 is 9.59 Å². The molecule has 1 aromatic carbocycles. The van der Waals surface area contributed by atoms with Crippen molar-refractivity contribution in [2.24, 2.45) is 0 Å². The number of anilines is 1. The highest BCUT2D eigenvalue weighted by Crippen LogP contribution is 2.40. The number of rotatable bonds is 5. The van der Waals surface area contributed by atoms with Crippen LogP contribution in [0.5, 0.6) is 0 Å². The predicted octanol–water partition coefficient (Wildman–Crippen LogP) is 3.31. The minimum atomic E-state index is -0.356. The van der Waals surface area contributed by atoms with Crippen LogP contribution in [0.3, 0.4) is 0 Å². The predicted molar refractivity (Wildman–Crippen MR) is 125 cm³/mol. The smallest absolute Gasteiger partial charge is 0.321 e. The van der Waals surface area contributed by atoms with E-state index in [1.54, 1.807) is 0 Å². The number of benzene rings is 1. The Balaban J connectivity index is 1.37. The average molecular weight is 454 g/mol. The number of carbonyl (C=O) groups excluding carboxylic acids is 2. The summed E-state index contributed by atoms with van der Waals surface area (Å²) in [6, 6.07) is 9.36. The maximum atomic E-state index is 12.3. The second kappa shape index (κ2) is 8.99. The standard InChI is InChI=1S/C22H27N7O2S/c1-22(2,3)28-20(31)24-12-11-23-19(30)27-21-26-16-10-9-14-13-25-29(17(14)18(16)32-21)15-7-5-4-6-8-15/h4-8,13H,9-12H2,1-3H3,(H2,24,28,31)(H2,23,26,27,30). The van der Waals surface area contributed by atoms with Crippen molar-refractivity contribution in [2.45, 2.75) is 39.2 Å². The highest BCUT2D eigenvalue weighted by Gasteiger charge is 2.26. The number of nitrogens with one attached hydrogen (secondary N) is 4. The first-order chi connectivity index (χ1) is 15.3. The molecule has 10 heteroatoms. The third kappa shape index (κ3) is 5.08. The third-order valence-electron chi connectivity index (χ3n) is 4.79. The topological polar surface area (TPSA) is 113 Å². The van der Waals surface area contributed by atoms with Gasteiger partial charge in [0.2, 0.25) is 0 Å². The van der Waals surface area contributed by atoms with Crippen molar-refractivity contribution >= 4 is 28.5 Å². The number of carbonyl (C=O) groups is 2. The molecule has 0 fully saturated rings. The molecule has 2 heterocycles. The number of nitrogens with zero attached hydrogens (tertiary/aromatic N) is 3. The number of fused-ring (bicyclic) bond motifs is 3. The molecule has 0 spiro atoms. The molecule has 9 nitrogen and oxygen atoms in total. The molecule has 0 saturated heterocycles. The van der Waals surface area contributed by atoms with Gasteiger partial charge in [-0.25, -0.2) is 19.3 Å². The van der Waals surface area contributed by atoms with Crippen LogP contribution in [0.1, 0.15) is 32.0 Å². The molecule has 0 radical (unpaired) electrons. The van der Waals surface area contributed by atoms with Gasteiger partial charge in [-0.2, -0.15) is 5.10 Å². The van der Waals surface area contributed by atoms with Crippen LogP contribution in [-0.4, -0.2) is 45.5 Å². The molecule has 0 unspecified atom stereocenters. The Morgan fingerprint density at radius 3 is 2.50 bits per heavy atom. The molecule has 4 rings (SSSR count). The fraction of sp³-hybridized carbons (Fsp3) is 0.364. The Labute approximate surface area is 190 Å². The number of aromatic nitrogens is 3. The van der Waals surface area contributed by atoms with E-state index in [0.717, 1.165) is 34.8 Å². The van der Waals surface area contributed by atoms with E-state index in [-0.39, 0.29) is 17.6 Å². The molecular weight excluding hydrogens is 426 g/mol. The van der Waals surface area contributed by atoms with E-state index in [0.29, 0.717) is 18.2 Å². The number of hydrogen-bond donors (Lipinski definition) is 4. The summed E-state index contributed by atoms with van der Waals surface area (Å²) in [5.41, 5.74) is 3.87. The molecule has 0 saturated carbocycles. The van der Waals surface area contributed by atoms with Crippen LogP contribution < -0.4 is 21.3 Å². The number of urea groups is 2. The van der Waals surface area contributed by atoms with Crippen LogP contribution in [-0.2, 0) is 12.8 Å². The monoisotopic (exact) mass is 453 g/mol. The van der Waals surface area contributed by atoms with Crippen molar-refractivity contribution in [1.82, 2.24) is 30.7 Å². The van der Waals surface area contributed by atoms with Crippen LogP contribution in [0.2, 0.25) is 0 Å². The maximum Gasteiger partial charge on any atom is 0.321 e. The number of aryl methyl sites for hydroxylation is 2. The Kier molecular flexibility index (Phi) is 6.13. The first kappa shape index (κ1) is 21.8. The molecule has 4 amide bonds. The zero-order chi connectivity index (χ0) is 22.7. The first-order valence-corrected chi connectivity index (χ1v) is 11.3. The Morgan fingerprint density at radius 2 is 1.78 bits per heavy atom. The highest BCUT2D eigenvalue weighted by atomic mass is 32.1. The lowest BCUT2D eigenvalue weighted by Gasteiger charge is -2.20. The Hall–Kier alpha value is -3.40. The summed E-state index contributed by atoms with van der Waals surface area (Å²) < 4.78 is 1.93. The second-order valence-corrected chi connectivity index (χ2v) is 9.57. The molecule has 4 N–H and O–H groups in total. The van der Waals surface area contributed by atoms with Gasteiger partial charge in [0.25, 0.3) is 0 Å². The number of hydrogen-bond acceptors (Lipinski definition) is 5. The lowest BCUT2D eigenvalue weighted by atomic mass is 10.0. The van der Waals surface area contributed by atoms with Gasteiger partial charge in [-0.1, -0.05) is 29.5 Å². The van der Waals surface area contributed by atoms with E-state index < -0.39 is 0 Å². The van der Waals surface area contributed by atoms with Gasteiger partial charge >= 0.3 is 12.1 Å². The molecule has 0 bridgehead atoms. The van der Waals surface area contributed by atoms with Gasteiger partial charge in [-0.05, 0) is 51.3 Å². The summed E-state index contributed by atoms with van der Waals surface area (Å²) in [7, 11) is 0. The van der Waals surface area contributed by atoms with E-state index in [1.807, 2.05) is 62.0 Å². The minimum absolute atomic E-state index is 0.266. The summed E-state index contributed by atoms with van der Waals surface area (Å²) >= 11 is 1.45. The average Bonchev–Trinajstić information content (AvgIpc) is 3.34. The SMILES string of the molecule is CC(C)(C)NC(=O)NCCNC(=O)Nc1nc2c(s1)-c1c(cnn1-c1ccccc1)CC2. The Morgan fingerprint density at radius 1 is 1.06 bits per heavy atom. The van der Waals surface area contributed by atoms with Crippen LogP contribution in [0.25, 0.3) is 16.3 Å². The van der Waals surface area contributed by atoms with Crippen LogP contribution in [0.4, 0.5) is 14.7 Å². The molecule has 0 aliphatic heterocycles. The van der Waals surface area contributed by atoms with Crippen molar-refractivity contribution in [2.75, 3.05) is 18.4 Å². The van der Waals surface area contributed by atoms with Crippen LogP contribution in [0.15, 0.2) is 36.5 Å². The van der Waals surface area contributed by atoms with Crippen molar-refractivity contribution in [3.05, 3.63) is 47.8 Å². The lowest BCUT2D eigenvalue weighted by molar-refractivity contribution is 0.231. The molecule has 1 aliphatic rings. The van der Waals surface area contributed by atoms with E-state index in [4.69, 9.17) is 0 Å². The molecular formula is C22H27N7O2S. The minimum Gasteiger partial charge on any atom is -0.336 e. The number of thiazole rings is 1. The normalized spacial score (nSPS) is 12.5. The van der Waals surface area contributed by atoms with Crippen LogP contribution in [0, 0.1) is 0 Å². The lowest BCUT2D eigenvalue weighted by Crippen LogP contribution is -2.48. The Bertz CT molecular complexity index is 1120. The van der Waals surface area contributed by atoms with Gasteiger partial charge in [-0.3, -0.25) is 5.32 Å². The quantitative estimate of drug-likeness (QED) is 0.444. The molecule has 0 atom stereocenters. The summed E-state index contributed by atoms with van der Waals surface area (Å²) in [4.78, 5) is 29.7. The molecule has 1 aliphatic carbocycles. The molecule has 168 valence electrons. The summed E-state index contributed by atoms with van der Waals surface area (Å²) in [5.74, 6) is 0. The zero-order valence-corrected chi connectivity index (χ0v) is 19.2. The fourth-order valence-corrected chi connectivity index (χ4v) is 4.54. The summed E-state index contributed by atoms with van der Waals surface area (Å²) in [6.45, 7) is 6.34. The maximum absolute atomic E-state index is 12.3. The van der Waals surface area contributed by atoms with Gasteiger partial charge in [-0.15, -0.1) is 0 Å². The number of para-hydroxylation sites is 1. The van der Waals surface area contributed by atoms with Crippen molar-refractivity contribution in [3.63, 3.8) is 0 Å².